The second-order valence-corrected chi connectivity index (χ2v) is 5.90. The summed E-state index contributed by atoms with van der Waals surface area (Å²) in [5.74, 6) is 0. The predicted molar refractivity (Wildman–Crippen MR) is 83.7 cm³/mol. The predicted octanol–water partition coefficient (Wildman–Crippen LogP) is 4.07. The Morgan fingerprint density at radius 1 is 0.850 bits per heavy atom. The van der Waals surface area contributed by atoms with Gasteiger partial charge in [-0.1, -0.05) is 23.3 Å². The molecule has 2 amide bonds. The van der Waals surface area contributed by atoms with E-state index in [9.17, 15) is 4.79 Å². The van der Waals surface area contributed by atoms with Gasteiger partial charge in [-0.3, -0.25) is 0 Å². The van der Waals surface area contributed by atoms with Gasteiger partial charge in [0.2, 0.25) is 0 Å². The molecule has 0 aromatic rings. The van der Waals surface area contributed by atoms with Crippen LogP contribution in [-0.4, -0.2) is 19.1 Å². The molecule has 0 saturated heterocycles. The molecule has 112 valence electrons. The van der Waals surface area contributed by atoms with Crippen molar-refractivity contribution in [3.63, 3.8) is 0 Å². The molecule has 0 aliphatic heterocycles. The van der Waals surface area contributed by atoms with E-state index < -0.39 is 0 Å². The third-order valence-electron chi connectivity index (χ3n) is 4.23. The highest BCUT2D eigenvalue weighted by atomic mass is 16.2. The minimum absolute atomic E-state index is 0.0159. The van der Waals surface area contributed by atoms with E-state index in [4.69, 9.17) is 0 Å². The highest BCUT2D eigenvalue weighted by Gasteiger charge is 2.06. The molecular formula is C17H28N2O. The molecular weight excluding hydrogens is 248 g/mol. The SMILES string of the molecule is O=C(NCCC1=CCCCC1)NCCC1=CCCCC1. The van der Waals surface area contributed by atoms with E-state index in [1.54, 1.807) is 0 Å². The maximum atomic E-state index is 11.7. The van der Waals surface area contributed by atoms with Crippen LogP contribution in [0.1, 0.15) is 64.2 Å². The van der Waals surface area contributed by atoms with Gasteiger partial charge in [0.15, 0.2) is 0 Å². The van der Waals surface area contributed by atoms with Crippen LogP contribution < -0.4 is 10.6 Å². The summed E-state index contributed by atoms with van der Waals surface area (Å²) in [7, 11) is 0. The van der Waals surface area contributed by atoms with Crippen molar-refractivity contribution in [2.75, 3.05) is 13.1 Å². The molecule has 0 heterocycles. The van der Waals surface area contributed by atoms with Gasteiger partial charge in [-0.15, -0.1) is 0 Å². The summed E-state index contributed by atoms with van der Waals surface area (Å²) in [5.41, 5.74) is 3.04. The van der Waals surface area contributed by atoms with Crippen LogP contribution >= 0.6 is 0 Å². The van der Waals surface area contributed by atoms with Gasteiger partial charge in [-0.05, 0) is 64.2 Å². The van der Waals surface area contributed by atoms with Crippen molar-refractivity contribution in [2.24, 2.45) is 0 Å². The Morgan fingerprint density at radius 2 is 1.35 bits per heavy atom. The first-order chi connectivity index (χ1) is 9.84. The Labute approximate surface area is 122 Å². The van der Waals surface area contributed by atoms with Gasteiger partial charge in [-0.25, -0.2) is 4.79 Å². The van der Waals surface area contributed by atoms with Crippen LogP contribution in [0.4, 0.5) is 4.79 Å². The number of carbonyl (C=O) groups is 1. The first kappa shape index (κ1) is 15.1. The third-order valence-corrected chi connectivity index (χ3v) is 4.23. The Morgan fingerprint density at radius 3 is 1.75 bits per heavy atom. The zero-order chi connectivity index (χ0) is 14.0. The van der Waals surface area contributed by atoms with Gasteiger partial charge in [0, 0.05) is 13.1 Å². The van der Waals surface area contributed by atoms with Crippen molar-refractivity contribution < 1.29 is 4.79 Å². The average Bonchev–Trinajstić information content (AvgIpc) is 2.49. The molecule has 0 spiro atoms. The molecule has 2 aliphatic carbocycles. The van der Waals surface area contributed by atoms with Crippen LogP contribution in [0, 0.1) is 0 Å². The third kappa shape index (κ3) is 5.81. The molecule has 3 nitrogen and oxygen atoms in total. The molecule has 2 rings (SSSR count). The number of allylic oxidation sites excluding steroid dienone is 2. The molecule has 2 aliphatic rings. The largest absolute Gasteiger partial charge is 0.338 e. The fourth-order valence-corrected chi connectivity index (χ4v) is 3.00. The van der Waals surface area contributed by atoms with E-state index in [1.807, 2.05) is 0 Å². The lowest BCUT2D eigenvalue weighted by molar-refractivity contribution is 0.241. The number of urea groups is 1. The van der Waals surface area contributed by atoms with Crippen molar-refractivity contribution in [1.82, 2.24) is 10.6 Å². The Balaban J connectivity index is 1.51. The lowest BCUT2D eigenvalue weighted by Crippen LogP contribution is -2.36. The quantitative estimate of drug-likeness (QED) is 0.706. The van der Waals surface area contributed by atoms with Gasteiger partial charge in [0.1, 0.15) is 0 Å². The molecule has 3 heteroatoms. The van der Waals surface area contributed by atoms with Gasteiger partial charge >= 0.3 is 6.03 Å². The summed E-state index contributed by atoms with van der Waals surface area (Å²) in [6.45, 7) is 1.53. The van der Waals surface area contributed by atoms with Crippen molar-refractivity contribution >= 4 is 6.03 Å². The highest BCUT2D eigenvalue weighted by molar-refractivity contribution is 5.73. The summed E-state index contributed by atoms with van der Waals surface area (Å²) in [5, 5.41) is 5.91. The van der Waals surface area contributed by atoms with Crippen LogP contribution in [0.2, 0.25) is 0 Å². The standard InChI is InChI=1S/C17H28N2O/c20-17(18-13-11-15-7-3-1-4-8-15)19-14-12-16-9-5-2-6-10-16/h7,9H,1-6,8,10-14H2,(H2,18,19,20). The number of rotatable bonds is 6. The first-order valence-electron chi connectivity index (χ1n) is 8.22. The van der Waals surface area contributed by atoms with Crippen molar-refractivity contribution in [3.05, 3.63) is 23.3 Å². The van der Waals surface area contributed by atoms with E-state index in [0.717, 1.165) is 25.9 Å². The number of hydrogen-bond donors (Lipinski definition) is 2. The Kier molecular flexibility index (Phi) is 6.69. The fourth-order valence-electron chi connectivity index (χ4n) is 3.00. The van der Waals surface area contributed by atoms with E-state index in [-0.39, 0.29) is 6.03 Å². The zero-order valence-corrected chi connectivity index (χ0v) is 12.5. The van der Waals surface area contributed by atoms with Gasteiger partial charge in [-0.2, -0.15) is 0 Å². The van der Waals surface area contributed by atoms with Gasteiger partial charge < -0.3 is 10.6 Å². The summed E-state index contributed by atoms with van der Waals surface area (Å²) >= 11 is 0. The van der Waals surface area contributed by atoms with E-state index in [1.165, 1.54) is 62.5 Å². The number of carbonyl (C=O) groups excluding carboxylic acids is 1. The lowest BCUT2D eigenvalue weighted by atomic mass is 9.97. The zero-order valence-electron chi connectivity index (χ0n) is 12.5. The Bertz CT molecular complexity index is 337. The first-order valence-corrected chi connectivity index (χ1v) is 8.22. The van der Waals surface area contributed by atoms with E-state index in [0.29, 0.717) is 0 Å². The molecule has 2 N–H and O–H groups in total. The monoisotopic (exact) mass is 276 g/mol. The van der Waals surface area contributed by atoms with Gasteiger partial charge in [0.05, 0.1) is 0 Å². The van der Waals surface area contributed by atoms with Crippen LogP contribution in [0.25, 0.3) is 0 Å². The highest BCUT2D eigenvalue weighted by Crippen LogP contribution is 2.20. The minimum Gasteiger partial charge on any atom is -0.338 e. The minimum atomic E-state index is -0.0159. The van der Waals surface area contributed by atoms with Crippen LogP contribution in [0.5, 0.6) is 0 Å². The number of hydrogen-bond acceptors (Lipinski definition) is 1. The van der Waals surface area contributed by atoms with E-state index in [2.05, 4.69) is 22.8 Å². The topological polar surface area (TPSA) is 41.1 Å². The fraction of sp³-hybridized carbons (Fsp3) is 0.706. The van der Waals surface area contributed by atoms with Crippen LogP contribution in [0.3, 0.4) is 0 Å². The molecule has 0 aromatic heterocycles. The van der Waals surface area contributed by atoms with Crippen LogP contribution in [0.15, 0.2) is 23.3 Å². The summed E-state index contributed by atoms with van der Waals surface area (Å²) in [4.78, 5) is 11.7. The maximum absolute atomic E-state index is 11.7. The molecule has 0 aromatic carbocycles. The average molecular weight is 276 g/mol. The molecule has 0 atom stereocenters. The normalized spacial score (nSPS) is 19.0. The van der Waals surface area contributed by atoms with E-state index >= 15 is 0 Å². The van der Waals surface area contributed by atoms with Crippen molar-refractivity contribution in [1.29, 1.82) is 0 Å². The van der Waals surface area contributed by atoms with Crippen molar-refractivity contribution in [2.45, 2.75) is 64.2 Å². The molecule has 0 radical (unpaired) electrons. The summed E-state index contributed by atoms with van der Waals surface area (Å²) < 4.78 is 0. The summed E-state index contributed by atoms with van der Waals surface area (Å²) in [6.07, 6.45) is 16.9. The molecule has 0 fully saturated rings. The Hall–Kier alpha value is -1.25. The van der Waals surface area contributed by atoms with Crippen molar-refractivity contribution in [3.8, 4) is 0 Å². The molecule has 0 bridgehead atoms. The number of nitrogens with one attached hydrogen (secondary N) is 2. The molecule has 20 heavy (non-hydrogen) atoms. The molecule has 0 unspecified atom stereocenters. The smallest absolute Gasteiger partial charge is 0.314 e. The number of amides is 2. The maximum Gasteiger partial charge on any atom is 0.314 e. The second kappa shape index (κ2) is 8.83. The summed E-state index contributed by atoms with van der Waals surface area (Å²) in [6, 6.07) is -0.0159. The molecule has 0 saturated carbocycles. The lowest BCUT2D eigenvalue weighted by Gasteiger charge is -2.14. The van der Waals surface area contributed by atoms with Gasteiger partial charge in [0.25, 0.3) is 0 Å². The second-order valence-electron chi connectivity index (χ2n) is 5.90. The van der Waals surface area contributed by atoms with Crippen LogP contribution in [-0.2, 0) is 0 Å².